The lowest BCUT2D eigenvalue weighted by atomic mass is 9.68. The summed E-state index contributed by atoms with van der Waals surface area (Å²) in [6, 6.07) is 16.3. The van der Waals surface area contributed by atoms with Crippen molar-refractivity contribution in [2.24, 2.45) is 29.1 Å². The van der Waals surface area contributed by atoms with Crippen LogP contribution in [0.1, 0.15) is 137 Å². The number of aliphatic hydroxyl groups excluding tert-OH is 1. The quantitative estimate of drug-likeness (QED) is 0.157. The number of nitrogens with zero attached hydrogens (tertiary/aromatic N) is 2. The van der Waals surface area contributed by atoms with Gasteiger partial charge in [-0.1, -0.05) is 48.5 Å². The van der Waals surface area contributed by atoms with Crippen molar-refractivity contribution in [3.63, 3.8) is 0 Å². The van der Waals surface area contributed by atoms with Gasteiger partial charge in [0, 0.05) is 31.6 Å². The van der Waals surface area contributed by atoms with Gasteiger partial charge in [-0.2, -0.15) is 0 Å². The highest BCUT2D eigenvalue weighted by Crippen LogP contribution is 2.45. The minimum absolute atomic E-state index is 0.0895. The zero-order valence-corrected chi connectivity index (χ0v) is 40.3. The van der Waals surface area contributed by atoms with Crippen LogP contribution in [0.2, 0.25) is 0 Å². The lowest BCUT2D eigenvalue weighted by Crippen LogP contribution is -2.42. The Labute approximate surface area is 377 Å². The first-order chi connectivity index (χ1) is 29.2. The van der Waals surface area contributed by atoms with Crippen molar-refractivity contribution >= 4 is 24.1 Å². The van der Waals surface area contributed by atoms with E-state index in [1.807, 2.05) is 113 Å². The van der Waals surface area contributed by atoms with E-state index in [4.69, 9.17) is 18.9 Å². The molecule has 350 valence electrons. The number of hydrogen-bond acceptors (Lipinski definition) is 10. The number of nitrogens with one attached hydrogen (secondary N) is 1. The molecule has 0 aromatic heterocycles. The molecule has 5 atom stereocenters. The van der Waals surface area contributed by atoms with E-state index in [-0.39, 0.29) is 36.0 Å². The monoisotopic (exact) mass is 876 g/mol. The highest BCUT2D eigenvalue weighted by molar-refractivity contribution is 5.75. The van der Waals surface area contributed by atoms with Gasteiger partial charge in [-0.05, 0) is 175 Å². The van der Waals surface area contributed by atoms with Gasteiger partial charge in [0.15, 0.2) is 0 Å². The molecule has 3 aliphatic rings. The molecule has 5 rings (SSSR count). The summed E-state index contributed by atoms with van der Waals surface area (Å²) in [4.78, 5) is 57.1. The van der Waals surface area contributed by atoms with Gasteiger partial charge in [0.1, 0.15) is 22.4 Å². The SMILES string of the molecule is CC(C)(C)OC(=O)[C@@H](Cc1cccc(CC2(C(O)c3cccc(C[C@H](C(=O)OC(C)(C)C)[C@H]4CCN(C(=O)OC(C)(C)C)C4)c3)CCNCC2)c1)[C@H]1CCN(C(=O)OC(C)(C)C)C1. The number of esters is 2. The van der Waals surface area contributed by atoms with Crippen LogP contribution in [0.5, 0.6) is 0 Å². The Hall–Kier alpha value is -4.16. The van der Waals surface area contributed by atoms with Crippen molar-refractivity contribution in [2.75, 3.05) is 39.3 Å². The minimum atomic E-state index is -0.788. The molecular formula is C51H77N3O9. The number of ether oxygens (including phenoxy) is 4. The molecule has 63 heavy (non-hydrogen) atoms. The molecule has 2 amide bonds. The molecule has 1 unspecified atom stereocenters. The number of rotatable bonds is 12. The molecule has 0 spiro atoms. The van der Waals surface area contributed by atoms with E-state index in [2.05, 4.69) is 23.5 Å². The van der Waals surface area contributed by atoms with Crippen LogP contribution < -0.4 is 5.32 Å². The number of amides is 2. The summed E-state index contributed by atoms with van der Waals surface area (Å²) in [6.45, 7) is 25.7. The van der Waals surface area contributed by atoms with Crippen molar-refractivity contribution in [1.29, 1.82) is 0 Å². The number of carbonyl (C=O) groups is 4. The summed E-state index contributed by atoms with van der Waals surface area (Å²) >= 11 is 0. The molecule has 0 radical (unpaired) electrons. The van der Waals surface area contributed by atoms with Crippen molar-refractivity contribution in [3.05, 3.63) is 70.8 Å². The first kappa shape index (κ1) is 49.8. The summed E-state index contributed by atoms with van der Waals surface area (Å²) in [7, 11) is 0. The number of hydrogen-bond donors (Lipinski definition) is 2. The van der Waals surface area contributed by atoms with E-state index >= 15 is 0 Å². The Morgan fingerprint density at radius 3 is 1.49 bits per heavy atom. The molecule has 3 heterocycles. The average molecular weight is 876 g/mol. The molecular weight excluding hydrogens is 799 g/mol. The Balaban J connectivity index is 1.36. The van der Waals surface area contributed by atoms with Crippen molar-refractivity contribution in [3.8, 4) is 0 Å². The number of carbonyl (C=O) groups excluding carboxylic acids is 4. The lowest BCUT2D eigenvalue weighted by molar-refractivity contribution is -0.163. The maximum atomic E-state index is 13.9. The van der Waals surface area contributed by atoms with Gasteiger partial charge < -0.3 is 39.2 Å². The van der Waals surface area contributed by atoms with Gasteiger partial charge in [0.05, 0.1) is 17.9 Å². The van der Waals surface area contributed by atoms with E-state index in [1.54, 1.807) is 9.80 Å². The average Bonchev–Trinajstić information content (AvgIpc) is 3.85. The minimum Gasteiger partial charge on any atom is -0.460 e. The van der Waals surface area contributed by atoms with Crippen LogP contribution in [0.25, 0.3) is 0 Å². The largest absolute Gasteiger partial charge is 0.460 e. The normalized spacial score (nSPS) is 21.0. The predicted octanol–water partition coefficient (Wildman–Crippen LogP) is 8.85. The van der Waals surface area contributed by atoms with E-state index in [0.29, 0.717) is 58.3 Å². The smallest absolute Gasteiger partial charge is 0.410 e. The molecule has 2 aromatic rings. The molecule has 3 saturated heterocycles. The van der Waals surface area contributed by atoms with Gasteiger partial charge in [-0.3, -0.25) is 9.59 Å². The van der Waals surface area contributed by atoms with Crippen LogP contribution in [0.4, 0.5) is 9.59 Å². The summed E-state index contributed by atoms with van der Waals surface area (Å²) in [5.74, 6) is -1.71. The first-order valence-electron chi connectivity index (χ1n) is 23.2. The van der Waals surface area contributed by atoms with Crippen LogP contribution in [0.15, 0.2) is 48.5 Å². The fourth-order valence-electron chi connectivity index (χ4n) is 9.35. The molecule has 2 N–H and O–H groups in total. The predicted molar refractivity (Wildman–Crippen MR) is 244 cm³/mol. The van der Waals surface area contributed by atoms with Gasteiger partial charge in [0.2, 0.25) is 0 Å². The van der Waals surface area contributed by atoms with Gasteiger partial charge in [-0.15, -0.1) is 0 Å². The third kappa shape index (κ3) is 14.7. The second-order valence-corrected chi connectivity index (χ2v) is 22.4. The number of likely N-dealkylation sites (tertiary alicyclic amines) is 2. The molecule has 2 aromatic carbocycles. The van der Waals surface area contributed by atoms with Gasteiger partial charge in [-0.25, -0.2) is 9.59 Å². The highest BCUT2D eigenvalue weighted by Gasteiger charge is 2.43. The lowest BCUT2D eigenvalue weighted by Gasteiger charge is -2.42. The van der Waals surface area contributed by atoms with Crippen molar-refractivity contribution in [2.45, 2.75) is 157 Å². The Bertz CT molecular complexity index is 1900. The zero-order valence-electron chi connectivity index (χ0n) is 40.3. The fraction of sp³-hybridized carbons (Fsp3) is 0.686. The summed E-state index contributed by atoms with van der Waals surface area (Å²) in [5.41, 5.74) is 0.764. The molecule has 0 saturated carbocycles. The van der Waals surface area contributed by atoms with Crippen LogP contribution in [0, 0.1) is 29.1 Å². The first-order valence-corrected chi connectivity index (χ1v) is 23.2. The molecule has 3 aliphatic heterocycles. The van der Waals surface area contributed by atoms with Crippen LogP contribution in [-0.4, -0.2) is 101 Å². The molecule has 12 heteroatoms. The molecule has 12 nitrogen and oxygen atoms in total. The Morgan fingerprint density at radius 1 is 0.635 bits per heavy atom. The Kier molecular flexibility index (Phi) is 15.8. The standard InChI is InChI=1S/C51H77N3O9/c1-47(2,3)60-43(56)40(38-19-25-53(32-38)45(58)62-49(7,8)9)29-34-15-13-17-36(27-34)31-51(21-23-52-24-22-51)42(55)37-18-14-16-35(28-37)30-41(44(57)61-48(4,5)6)39-20-26-54(33-39)46(59)63-50(10,11)12/h13-18,27-28,38-42,52,55H,19-26,29-33H2,1-12H3/t38-,39-,40-,41-,42?/m0/s1. The summed E-state index contributed by atoms with van der Waals surface area (Å²) in [6.07, 6.45) is 2.82. The second kappa shape index (κ2) is 19.9. The molecule has 3 fully saturated rings. The molecule has 0 bridgehead atoms. The van der Waals surface area contributed by atoms with E-state index in [0.717, 1.165) is 48.2 Å². The maximum Gasteiger partial charge on any atom is 0.410 e. The third-order valence-corrected chi connectivity index (χ3v) is 12.2. The Morgan fingerprint density at radius 2 is 1.05 bits per heavy atom. The van der Waals surface area contributed by atoms with E-state index in [9.17, 15) is 24.3 Å². The number of piperidine rings is 1. The van der Waals surface area contributed by atoms with Gasteiger partial charge >= 0.3 is 24.1 Å². The van der Waals surface area contributed by atoms with Crippen LogP contribution >= 0.6 is 0 Å². The number of benzene rings is 2. The third-order valence-electron chi connectivity index (χ3n) is 12.2. The van der Waals surface area contributed by atoms with E-state index in [1.165, 1.54) is 0 Å². The summed E-state index contributed by atoms with van der Waals surface area (Å²) < 4.78 is 23.3. The van der Waals surface area contributed by atoms with Gasteiger partial charge in [0.25, 0.3) is 0 Å². The number of aliphatic hydroxyl groups is 1. The topological polar surface area (TPSA) is 144 Å². The van der Waals surface area contributed by atoms with Crippen molar-refractivity contribution < 1.29 is 43.2 Å². The molecule has 0 aliphatic carbocycles. The fourth-order valence-corrected chi connectivity index (χ4v) is 9.35. The maximum absolute atomic E-state index is 13.9. The second-order valence-electron chi connectivity index (χ2n) is 22.4. The summed E-state index contributed by atoms with van der Waals surface area (Å²) in [5, 5.41) is 16.0. The zero-order chi connectivity index (χ0) is 46.5. The van der Waals surface area contributed by atoms with Crippen LogP contribution in [-0.2, 0) is 47.8 Å². The highest BCUT2D eigenvalue weighted by atomic mass is 16.6. The van der Waals surface area contributed by atoms with Crippen LogP contribution in [0.3, 0.4) is 0 Å². The van der Waals surface area contributed by atoms with E-state index < -0.39 is 45.8 Å². The van der Waals surface area contributed by atoms with Crippen molar-refractivity contribution in [1.82, 2.24) is 15.1 Å².